The molecule has 0 aliphatic heterocycles. The van der Waals surface area contributed by atoms with Crippen LogP contribution in [-0.4, -0.2) is 17.7 Å². The van der Waals surface area contributed by atoms with Crippen LogP contribution >= 0.6 is 11.6 Å². The van der Waals surface area contributed by atoms with E-state index in [1.165, 1.54) is 12.1 Å². The second-order valence-electron chi connectivity index (χ2n) is 2.26. The van der Waals surface area contributed by atoms with E-state index >= 15 is 0 Å². The molecule has 0 aromatic heterocycles. The molecule has 0 radical (unpaired) electrons. The van der Waals surface area contributed by atoms with Crippen molar-refractivity contribution in [1.82, 2.24) is 0 Å². The maximum atomic E-state index is 12.9. The molecule has 0 heterocycles. The molecule has 0 aliphatic carbocycles. The molecule has 3 nitrogen and oxygen atoms in total. The van der Waals surface area contributed by atoms with Crippen LogP contribution in [0.2, 0.25) is 5.02 Å². The Morgan fingerprint density at radius 2 is 2.31 bits per heavy atom. The van der Waals surface area contributed by atoms with E-state index in [1.807, 2.05) is 0 Å². The summed E-state index contributed by atoms with van der Waals surface area (Å²) in [4.78, 5) is 10.1. The maximum Gasteiger partial charge on any atom is 0.341 e. The number of carboxylic acid groups (broad SMARTS) is 1. The Bertz CT molecular complexity index is 327. The zero-order valence-electron chi connectivity index (χ0n) is 6.46. The van der Waals surface area contributed by atoms with Gasteiger partial charge in [-0.2, -0.15) is 0 Å². The molecular weight excluding hydrogens is 199 g/mol. The highest BCUT2D eigenvalue weighted by atomic mass is 35.5. The Kier molecular flexibility index (Phi) is 3.08. The second-order valence-corrected chi connectivity index (χ2v) is 2.69. The average Bonchev–Trinajstić information content (AvgIpc) is 2.02. The van der Waals surface area contributed by atoms with E-state index in [4.69, 9.17) is 16.7 Å². The first kappa shape index (κ1) is 9.80. The van der Waals surface area contributed by atoms with Crippen molar-refractivity contribution in [3.8, 4) is 5.75 Å². The number of carbonyl (C=O) groups is 1. The van der Waals surface area contributed by atoms with E-state index in [0.29, 0.717) is 0 Å². The third-order valence-electron chi connectivity index (χ3n) is 1.25. The molecule has 1 N–H and O–H groups in total. The highest BCUT2D eigenvalue weighted by molar-refractivity contribution is 6.30. The van der Waals surface area contributed by atoms with Gasteiger partial charge in [0, 0.05) is 5.02 Å². The van der Waals surface area contributed by atoms with Gasteiger partial charge in [-0.15, -0.1) is 0 Å². The molecule has 0 spiro atoms. The van der Waals surface area contributed by atoms with Gasteiger partial charge in [-0.3, -0.25) is 0 Å². The molecule has 13 heavy (non-hydrogen) atoms. The molecule has 1 rings (SSSR count). The lowest BCUT2D eigenvalue weighted by Crippen LogP contribution is -2.10. The largest absolute Gasteiger partial charge is 0.479 e. The summed E-state index contributed by atoms with van der Waals surface area (Å²) in [5, 5.41) is 8.48. The molecule has 1 aromatic rings. The van der Waals surface area contributed by atoms with E-state index in [0.717, 1.165) is 6.07 Å². The molecule has 0 atom stereocenters. The number of aliphatic carboxylic acids is 1. The van der Waals surface area contributed by atoms with Gasteiger partial charge in [0.1, 0.15) is 0 Å². The third kappa shape index (κ3) is 2.91. The number of hydrogen-bond acceptors (Lipinski definition) is 2. The van der Waals surface area contributed by atoms with Crippen molar-refractivity contribution in [2.75, 3.05) is 6.61 Å². The zero-order valence-corrected chi connectivity index (χ0v) is 7.21. The number of hydrogen-bond donors (Lipinski definition) is 1. The fraction of sp³-hybridized carbons (Fsp3) is 0.125. The quantitative estimate of drug-likeness (QED) is 0.819. The summed E-state index contributed by atoms with van der Waals surface area (Å²) >= 11 is 5.47. The van der Waals surface area contributed by atoms with Crippen LogP contribution in [0.15, 0.2) is 18.2 Å². The number of benzene rings is 1. The summed E-state index contributed by atoms with van der Waals surface area (Å²) in [6.45, 7) is -0.571. The predicted octanol–water partition coefficient (Wildman–Crippen LogP) is 1.94. The number of carboxylic acids is 1. The van der Waals surface area contributed by atoms with Crippen LogP contribution in [0.5, 0.6) is 5.75 Å². The van der Waals surface area contributed by atoms with Crippen molar-refractivity contribution in [1.29, 1.82) is 0 Å². The lowest BCUT2D eigenvalue weighted by Gasteiger charge is -2.03. The Hall–Kier alpha value is -1.29. The van der Waals surface area contributed by atoms with Crippen molar-refractivity contribution in [3.05, 3.63) is 29.0 Å². The van der Waals surface area contributed by atoms with Gasteiger partial charge in [0.2, 0.25) is 0 Å². The zero-order chi connectivity index (χ0) is 9.84. The summed E-state index contributed by atoms with van der Waals surface area (Å²) in [7, 11) is 0. The molecule has 0 amide bonds. The molecule has 0 saturated carbocycles. The Morgan fingerprint density at radius 1 is 1.62 bits per heavy atom. The first-order valence-electron chi connectivity index (χ1n) is 3.39. The van der Waals surface area contributed by atoms with Crippen LogP contribution in [0.1, 0.15) is 0 Å². The van der Waals surface area contributed by atoms with E-state index < -0.39 is 18.4 Å². The van der Waals surface area contributed by atoms with Gasteiger partial charge in [0.25, 0.3) is 0 Å². The molecule has 0 fully saturated rings. The number of ether oxygens (including phenoxy) is 1. The smallest absolute Gasteiger partial charge is 0.341 e. The minimum absolute atomic E-state index is 0.119. The van der Waals surface area contributed by atoms with Crippen LogP contribution in [0.4, 0.5) is 4.39 Å². The monoisotopic (exact) mass is 204 g/mol. The second kappa shape index (κ2) is 4.09. The molecule has 0 saturated heterocycles. The highest BCUT2D eigenvalue weighted by Gasteiger charge is 2.05. The van der Waals surface area contributed by atoms with Crippen molar-refractivity contribution >= 4 is 17.6 Å². The van der Waals surface area contributed by atoms with Crippen molar-refractivity contribution in [3.63, 3.8) is 0 Å². The predicted molar refractivity (Wildman–Crippen MR) is 44.5 cm³/mol. The van der Waals surface area contributed by atoms with Crippen LogP contribution in [0.25, 0.3) is 0 Å². The maximum absolute atomic E-state index is 12.9. The van der Waals surface area contributed by atoms with Crippen molar-refractivity contribution < 1.29 is 19.0 Å². The minimum atomic E-state index is -1.16. The fourth-order valence-electron chi connectivity index (χ4n) is 0.732. The molecule has 70 valence electrons. The molecular formula is C8H6ClFO3. The third-order valence-corrected chi connectivity index (χ3v) is 1.48. The molecule has 1 aromatic carbocycles. The van der Waals surface area contributed by atoms with Crippen LogP contribution in [0.3, 0.4) is 0 Å². The van der Waals surface area contributed by atoms with Crippen molar-refractivity contribution in [2.24, 2.45) is 0 Å². The van der Waals surface area contributed by atoms with Gasteiger partial charge < -0.3 is 9.84 Å². The molecule has 0 unspecified atom stereocenters. The fourth-order valence-corrected chi connectivity index (χ4v) is 0.891. The van der Waals surface area contributed by atoms with Gasteiger partial charge in [0.15, 0.2) is 18.2 Å². The summed E-state index contributed by atoms with van der Waals surface area (Å²) in [6, 6.07) is 3.75. The summed E-state index contributed by atoms with van der Waals surface area (Å²) in [6.07, 6.45) is 0. The van der Waals surface area contributed by atoms with Crippen molar-refractivity contribution in [2.45, 2.75) is 0 Å². The summed E-state index contributed by atoms with van der Waals surface area (Å²) < 4.78 is 17.5. The van der Waals surface area contributed by atoms with E-state index in [-0.39, 0.29) is 10.8 Å². The minimum Gasteiger partial charge on any atom is -0.479 e. The van der Waals surface area contributed by atoms with Gasteiger partial charge in [0.05, 0.1) is 0 Å². The normalized spacial score (nSPS) is 9.69. The van der Waals surface area contributed by atoms with Gasteiger partial charge in [-0.05, 0) is 18.2 Å². The molecule has 0 aliphatic rings. The molecule has 5 heteroatoms. The lowest BCUT2D eigenvalue weighted by molar-refractivity contribution is -0.139. The average molecular weight is 205 g/mol. The standard InChI is InChI=1S/C8H6ClFO3/c9-5-1-2-7(6(10)3-5)13-4-8(11)12/h1-3H,4H2,(H,11,12). The number of halogens is 2. The van der Waals surface area contributed by atoms with E-state index in [2.05, 4.69) is 4.74 Å². The van der Waals surface area contributed by atoms with Gasteiger partial charge in [-0.1, -0.05) is 11.6 Å². The van der Waals surface area contributed by atoms with Gasteiger partial charge >= 0.3 is 5.97 Å². The highest BCUT2D eigenvalue weighted by Crippen LogP contribution is 2.20. The first-order valence-corrected chi connectivity index (χ1v) is 3.77. The van der Waals surface area contributed by atoms with E-state index in [1.54, 1.807) is 0 Å². The van der Waals surface area contributed by atoms with Gasteiger partial charge in [-0.25, -0.2) is 9.18 Å². The van der Waals surface area contributed by atoms with Crippen LogP contribution in [-0.2, 0) is 4.79 Å². The number of rotatable bonds is 3. The lowest BCUT2D eigenvalue weighted by atomic mass is 10.3. The Balaban J connectivity index is 2.72. The van der Waals surface area contributed by atoms with Crippen LogP contribution < -0.4 is 4.74 Å². The summed E-state index contributed by atoms with van der Waals surface area (Å²) in [5.41, 5.74) is 0. The van der Waals surface area contributed by atoms with E-state index in [9.17, 15) is 9.18 Å². The Labute approximate surface area is 78.7 Å². The first-order chi connectivity index (χ1) is 6.09. The summed E-state index contributed by atoms with van der Waals surface area (Å²) in [5.74, 6) is -1.95. The Morgan fingerprint density at radius 3 is 2.85 bits per heavy atom. The SMILES string of the molecule is O=C(O)COc1ccc(Cl)cc1F. The topological polar surface area (TPSA) is 46.5 Å². The molecule has 0 bridgehead atoms. The van der Waals surface area contributed by atoms with Crippen LogP contribution in [0, 0.1) is 5.82 Å².